The first-order valence-electron chi connectivity index (χ1n) is 6.97. The van der Waals surface area contributed by atoms with Gasteiger partial charge in [-0.15, -0.1) is 0 Å². The summed E-state index contributed by atoms with van der Waals surface area (Å²) in [4.78, 5) is 10.8. The van der Waals surface area contributed by atoms with Crippen molar-refractivity contribution < 1.29 is 14.6 Å². The van der Waals surface area contributed by atoms with Gasteiger partial charge in [0.1, 0.15) is 0 Å². The van der Waals surface area contributed by atoms with Crippen LogP contribution in [0.25, 0.3) is 0 Å². The second-order valence-electron chi connectivity index (χ2n) is 5.33. The molecule has 0 aliphatic heterocycles. The summed E-state index contributed by atoms with van der Waals surface area (Å²) in [5, 5.41) is 8.90. The highest BCUT2D eigenvalue weighted by atomic mass is 16.5. The number of aliphatic carboxylic acids is 1. The van der Waals surface area contributed by atoms with Crippen LogP contribution < -0.4 is 0 Å². The summed E-state index contributed by atoms with van der Waals surface area (Å²) in [5.74, 6) is -0.132. The molecule has 1 aliphatic rings. The van der Waals surface area contributed by atoms with Gasteiger partial charge in [0.15, 0.2) is 0 Å². The molecule has 3 heteroatoms. The van der Waals surface area contributed by atoms with Gasteiger partial charge >= 0.3 is 5.97 Å². The van der Waals surface area contributed by atoms with Gasteiger partial charge in [0.05, 0.1) is 18.6 Å². The minimum absolute atomic E-state index is 0.178. The van der Waals surface area contributed by atoms with Crippen LogP contribution in [0.5, 0.6) is 0 Å². The lowest BCUT2D eigenvalue weighted by Crippen LogP contribution is -2.43. The molecule has 1 fully saturated rings. The highest BCUT2D eigenvalue weighted by molar-refractivity contribution is 5.68. The smallest absolute Gasteiger partial charge is 0.306 e. The first-order valence-corrected chi connectivity index (χ1v) is 6.97. The molecule has 0 aromatic carbocycles. The first-order chi connectivity index (χ1) is 8.12. The molecule has 0 radical (unpaired) electrons. The number of hydrogen-bond acceptors (Lipinski definition) is 2. The quantitative estimate of drug-likeness (QED) is 0.671. The van der Waals surface area contributed by atoms with Crippen molar-refractivity contribution in [2.45, 2.75) is 70.8 Å². The van der Waals surface area contributed by atoms with Crippen LogP contribution in [-0.2, 0) is 9.53 Å². The third kappa shape index (κ3) is 4.66. The lowest BCUT2D eigenvalue weighted by molar-refractivity contribution is -0.157. The minimum atomic E-state index is -0.730. The average molecular weight is 242 g/mol. The highest BCUT2D eigenvalue weighted by Gasteiger charge is 2.40. The van der Waals surface area contributed by atoms with Crippen molar-refractivity contribution in [1.29, 1.82) is 0 Å². The van der Waals surface area contributed by atoms with Crippen LogP contribution in [0.3, 0.4) is 0 Å². The van der Waals surface area contributed by atoms with E-state index in [2.05, 4.69) is 13.8 Å². The third-order valence-corrected chi connectivity index (χ3v) is 3.91. The maximum absolute atomic E-state index is 10.8. The number of ether oxygens (including phenoxy) is 1. The van der Waals surface area contributed by atoms with E-state index in [1.54, 1.807) is 0 Å². The van der Waals surface area contributed by atoms with E-state index >= 15 is 0 Å². The van der Waals surface area contributed by atoms with Gasteiger partial charge in [-0.3, -0.25) is 4.79 Å². The number of hydrogen-bond donors (Lipinski definition) is 1. The molecule has 0 bridgehead atoms. The van der Waals surface area contributed by atoms with E-state index in [0.29, 0.717) is 5.92 Å². The number of carboxylic acids is 1. The first kappa shape index (κ1) is 14.5. The summed E-state index contributed by atoms with van der Waals surface area (Å²) >= 11 is 0. The SMILES string of the molecule is CCCCC(CC)COC1(CC(=O)O)CCC1. The lowest BCUT2D eigenvalue weighted by atomic mass is 9.77. The molecule has 0 aromatic heterocycles. The zero-order chi connectivity index (χ0) is 12.7. The Labute approximate surface area is 105 Å². The highest BCUT2D eigenvalue weighted by Crippen LogP contribution is 2.39. The molecular formula is C14H26O3. The Morgan fingerprint density at radius 2 is 2.12 bits per heavy atom. The van der Waals surface area contributed by atoms with Crippen molar-refractivity contribution in [3.8, 4) is 0 Å². The Balaban J connectivity index is 2.32. The third-order valence-electron chi connectivity index (χ3n) is 3.91. The molecule has 0 heterocycles. The molecule has 0 saturated heterocycles. The topological polar surface area (TPSA) is 46.5 Å². The van der Waals surface area contributed by atoms with Crippen LogP contribution in [0.15, 0.2) is 0 Å². The maximum Gasteiger partial charge on any atom is 0.306 e. The van der Waals surface area contributed by atoms with Gasteiger partial charge in [0.25, 0.3) is 0 Å². The van der Waals surface area contributed by atoms with E-state index < -0.39 is 5.97 Å². The molecule has 1 unspecified atom stereocenters. The van der Waals surface area contributed by atoms with Crippen LogP contribution in [0.1, 0.15) is 65.2 Å². The molecular weight excluding hydrogens is 216 g/mol. The van der Waals surface area contributed by atoms with E-state index in [0.717, 1.165) is 32.3 Å². The van der Waals surface area contributed by atoms with Gasteiger partial charge in [-0.05, 0) is 31.6 Å². The predicted molar refractivity (Wildman–Crippen MR) is 68.1 cm³/mol. The molecule has 100 valence electrons. The van der Waals surface area contributed by atoms with E-state index in [-0.39, 0.29) is 12.0 Å². The van der Waals surface area contributed by atoms with Crippen molar-refractivity contribution in [2.75, 3.05) is 6.61 Å². The summed E-state index contributed by atoms with van der Waals surface area (Å²) in [6.45, 7) is 5.13. The fraction of sp³-hybridized carbons (Fsp3) is 0.929. The number of carbonyl (C=O) groups is 1. The van der Waals surface area contributed by atoms with Gasteiger partial charge < -0.3 is 9.84 Å². The van der Waals surface area contributed by atoms with Crippen LogP contribution in [-0.4, -0.2) is 23.3 Å². The van der Waals surface area contributed by atoms with Gasteiger partial charge in [0.2, 0.25) is 0 Å². The Morgan fingerprint density at radius 3 is 2.53 bits per heavy atom. The standard InChI is InChI=1S/C14H26O3/c1-3-5-7-12(4-2)11-17-14(8-6-9-14)10-13(15)16/h12H,3-11H2,1-2H3,(H,15,16). The molecule has 0 amide bonds. The molecule has 0 spiro atoms. The normalized spacial score (nSPS) is 19.6. The molecule has 1 saturated carbocycles. The predicted octanol–water partition coefficient (Wildman–Crippen LogP) is 3.62. The largest absolute Gasteiger partial charge is 0.481 e. The number of carboxylic acid groups (broad SMARTS) is 1. The molecule has 0 aromatic rings. The zero-order valence-electron chi connectivity index (χ0n) is 11.2. The lowest BCUT2D eigenvalue weighted by Gasteiger charge is -2.41. The van der Waals surface area contributed by atoms with Crippen molar-refractivity contribution in [3.63, 3.8) is 0 Å². The van der Waals surface area contributed by atoms with Crippen LogP contribution in [0, 0.1) is 5.92 Å². The maximum atomic E-state index is 10.8. The molecule has 1 N–H and O–H groups in total. The Bertz CT molecular complexity index is 234. The summed E-state index contributed by atoms with van der Waals surface area (Å²) in [6, 6.07) is 0. The van der Waals surface area contributed by atoms with E-state index in [4.69, 9.17) is 9.84 Å². The summed E-state index contributed by atoms with van der Waals surface area (Å²) < 4.78 is 5.95. The Kier molecular flexibility index (Phi) is 5.96. The molecule has 3 nitrogen and oxygen atoms in total. The number of unbranched alkanes of at least 4 members (excludes halogenated alkanes) is 1. The molecule has 17 heavy (non-hydrogen) atoms. The summed E-state index contributed by atoms with van der Waals surface area (Å²) in [5.41, 5.74) is -0.328. The van der Waals surface area contributed by atoms with Crippen LogP contribution in [0.4, 0.5) is 0 Å². The van der Waals surface area contributed by atoms with Crippen LogP contribution >= 0.6 is 0 Å². The summed E-state index contributed by atoms with van der Waals surface area (Å²) in [6.07, 6.45) is 7.92. The zero-order valence-corrected chi connectivity index (χ0v) is 11.2. The van der Waals surface area contributed by atoms with Gasteiger partial charge in [0, 0.05) is 0 Å². The second kappa shape index (κ2) is 7.00. The molecule has 1 atom stereocenters. The van der Waals surface area contributed by atoms with Crippen molar-refractivity contribution in [3.05, 3.63) is 0 Å². The van der Waals surface area contributed by atoms with Crippen molar-refractivity contribution in [2.24, 2.45) is 5.92 Å². The fourth-order valence-corrected chi connectivity index (χ4v) is 2.41. The van der Waals surface area contributed by atoms with Crippen LogP contribution in [0.2, 0.25) is 0 Å². The molecule has 1 aliphatic carbocycles. The Morgan fingerprint density at radius 1 is 1.41 bits per heavy atom. The number of rotatable bonds is 9. The average Bonchev–Trinajstić information content (AvgIpc) is 2.25. The van der Waals surface area contributed by atoms with Gasteiger partial charge in [-0.25, -0.2) is 0 Å². The fourth-order valence-electron chi connectivity index (χ4n) is 2.41. The second-order valence-corrected chi connectivity index (χ2v) is 5.33. The monoisotopic (exact) mass is 242 g/mol. The van der Waals surface area contributed by atoms with E-state index in [9.17, 15) is 4.79 Å². The minimum Gasteiger partial charge on any atom is -0.481 e. The van der Waals surface area contributed by atoms with Gasteiger partial charge in [-0.2, -0.15) is 0 Å². The van der Waals surface area contributed by atoms with Crippen molar-refractivity contribution in [1.82, 2.24) is 0 Å². The van der Waals surface area contributed by atoms with E-state index in [1.165, 1.54) is 19.3 Å². The summed E-state index contributed by atoms with van der Waals surface area (Å²) in [7, 11) is 0. The Hall–Kier alpha value is -0.570. The van der Waals surface area contributed by atoms with Crippen molar-refractivity contribution >= 4 is 5.97 Å². The van der Waals surface area contributed by atoms with E-state index in [1.807, 2.05) is 0 Å². The van der Waals surface area contributed by atoms with Gasteiger partial charge in [-0.1, -0.05) is 33.1 Å². The molecule has 1 rings (SSSR count).